The second-order valence-corrected chi connectivity index (χ2v) is 6.63. The summed E-state index contributed by atoms with van der Waals surface area (Å²) in [6, 6.07) is 13.4. The summed E-state index contributed by atoms with van der Waals surface area (Å²) in [5.41, 5.74) is 1.54. The fraction of sp³-hybridized carbons (Fsp3) is 0.391. The second-order valence-electron chi connectivity index (χ2n) is 6.63. The number of carbonyl (C=O) groups excluding carboxylic acids is 2. The quantitative estimate of drug-likeness (QED) is 0.527. The minimum absolute atomic E-state index is 0.0614. The van der Waals surface area contributed by atoms with Gasteiger partial charge in [0.15, 0.2) is 17.6 Å². The van der Waals surface area contributed by atoms with Gasteiger partial charge in [0, 0.05) is 0 Å². The molecule has 2 unspecified atom stereocenters. The number of carbonyl (C=O) groups is 2. The minimum atomic E-state index is -1.57. The predicted octanol–water partition coefficient (Wildman–Crippen LogP) is 2.86. The van der Waals surface area contributed by atoms with Gasteiger partial charge in [0.1, 0.15) is 6.61 Å². The van der Waals surface area contributed by atoms with E-state index < -0.39 is 24.2 Å². The molecule has 2 rings (SSSR count). The Labute approximate surface area is 182 Å². The van der Waals surface area contributed by atoms with Crippen LogP contribution in [-0.2, 0) is 27.3 Å². The average Bonchev–Trinajstić information content (AvgIpc) is 2.78. The molecule has 31 heavy (non-hydrogen) atoms. The van der Waals surface area contributed by atoms with Crippen LogP contribution in [0.2, 0.25) is 0 Å². The molecule has 168 valence electrons. The molecule has 0 aliphatic heterocycles. The van der Waals surface area contributed by atoms with E-state index in [1.54, 1.807) is 25.1 Å². The second kappa shape index (κ2) is 12.4. The van der Waals surface area contributed by atoms with Crippen LogP contribution in [-0.4, -0.2) is 49.6 Å². The molecule has 2 N–H and O–H groups in total. The van der Waals surface area contributed by atoms with Crippen LogP contribution < -0.4 is 14.8 Å². The van der Waals surface area contributed by atoms with E-state index in [-0.39, 0.29) is 19.6 Å². The molecule has 0 fully saturated rings. The van der Waals surface area contributed by atoms with Crippen LogP contribution in [0.15, 0.2) is 48.5 Å². The third-order valence-corrected chi connectivity index (χ3v) is 4.41. The highest BCUT2D eigenvalue weighted by Crippen LogP contribution is 2.28. The van der Waals surface area contributed by atoms with E-state index in [2.05, 4.69) is 5.32 Å². The van der Waals surface area contributed by atoms with Gasteiger partial charge in [-0.3, -0.25) is 0 Å². The maximum absolute atomic E-state index is 12.3. The number of benzene rings is 2. The molecule has 2 aromatic rings. The van der Waals surface area contributed by atoms with Crippen molar-refractivity contribution in [1.29, 1.82) is 0 Å². The largest absolute Gasteiger partial charge is 0.493 e. The lowest BCUT2D eigenvalue weighted by Gasteiger charge is -2.23. The summed E-state index contributed by atoms with van der Waals surface area (Å²) >= 11 is 0. The molecule has 0 saturated carbocycles. The minimum Gasteiger partial charge on any atom is -0.493 e. The first-order valence-electron chi connectivity index (χ1n) is 10.1. The van der Waals surface area contributed by atoms with E-state index in [9.17, 15) is 14.7 Å². The topological polar surface area (TPSA) is 103 Å². The Kier molecular flexibility index (Phi) is 9.64. The Balaban J connectivity index is 2.13. The first-order chi connectivity index (χ1) is 15.0. The summed E-state index contributed by atoms with van der Waals surface area (Å²) in [4.78, 5) is 24.4. The molecule has 1 amide bonds. The third kappa shape index (κ3) is 7.49. The van der Waals surface area contributed by atoms with Crippen LogP contribution in [0.25, 0.3) is 0 Å². The molecule has 0 aromatic heterocycles. The number of methoxy groups -OCH3 is 1. The molecule has 0 aliphatic rings. The van der Waals surface area contributed by atoms with Gasteiger partial charge < -0.3 is 29.4 Å². The zero-order chi connectivity index (χ0) is 22.6. The van der Waals surface area contributed by atoms with Crippen LogP contribution in [0.5, 0.6) is 11.5 Å². The molecule has 8 nitrogen and oxygen atoms in total. The number of hydrogen-bond acceptors (Lipinski definition) is 7. The van der Waals surface area contributed by atoms with Crippen molar-refractivity contribution < 1.29 is 33.6 Å². The van der Waals surface area contributed by atoms with Crippen molar-refractivity contribution in [3.63, 3.8) is 0 Å². The number of nitrogens with one attached hydrogen (secondary N) is 1. The zero-order valence-electron chi connectivity index (χ0n) is 18.0. The van der Waals surface area contributed by atoms with Crippen molar-refractivity contribution in [2.75, 3.05) is 20.3 Å². The maximum Gasteiger partial charge on any atom is 0.407 e. The summed E-state index contributed by atoms with van der Waals surface area (Å²) in [6.45, 7) is 4.10. The lowest BCUT2D eigenvalue weighted by molar-refractivity contribution is -0.154. The molecule has 0 heterocycles. The summed E-state index contributed by atoms with van der Waals surface area (Å²) in [6.07, 6.45) is -2.18. The van der Waals surface area contributed by atoms with Gasteiger partial charge in [-0.2, -0.15) is 0 Å². The molecule has 0 spiro atoms. The van der Waals surface area contributed by atoms with E-state index in [0.717, 1.165) is 11.1 Å². The van der Waals surface area contributed by atoms with Gasteiger partial charge in [-0.25, -0.2) is 9.59 Å². The van der Waals surface area contributed by atoms with E-state index in [0.29, 0.717) is 18.1 Å². The number of rotatable bonds is 11. The number of aliphatic hydroxyl groups is 1. The highest BCUT2D eigenvalue weighted by atomic mass is 16.6. The fourth-order valence-electron chi connectivity index (χ4n) is 2.92. The van der Waals surface area contributed by atoms with Crippen molar-refractivity contribution in [2.45, 2.75) is 39.0 Å². The van der Waals surface area contributed by atoms with Crippen LogP contribution in [0.3, 0.4) is 0 Å². The van der Waals surface area contributed by atoms with Gasteiger partial charge in [0.2, 0.25) is 0 Å². The van der Waals surface area contributed by atoms with Crippen LogP contribution >= 0.6 is 0 Å². The Morgan fingerprint density at radius 2 is 1.71 bits per heavy atom. The third-order valence-electron chi connectivity index (χ3n) is 4.41. The van der Waals surface area contributed by atoms with E-state index in [1.165, 1.54) is 7.11 Å². The number of ether oxygens (including phenoxy) is 4. The maximum atomic E-state index is 12.3. The normalized spacial score (nSPS) is 12.4. The number of alkyl carbamates (subject to hydrolysis) is 1. The zero-order valence-corrected chi connectivity index (χ0v) is 18.0. The summed E-state index contributed by atoms with van der Waals surface area (Å²) < 4.78 is 21.0. The number of amides is 1. The lowest BCUT2D eigenvalue weighted by atomic mass is 10.0. The standard InChI is InChI=1S/C23H29NO7/c1-4-29-20-14-17(11-12-19(20)28-3)13-18(21(25)22(26)30-5-2)24-23(27)31-15-16-9-7-6-8-10-16/h6-12,14,18,21,25H,4-5,13,15H2,1-3H3,(H,24,27). The van der Waals surface area contributed by atoms with Crippen molar-refractivity contribution in [3.05, 3.63) is 59.7 Å². The highest BCUT2D eigenvalue weighted by molar-refractivity contribution is 5.77. The molecule has 2 atom stereocenters. The van der Waals surface area contributed by atoms with Crippen molar-refractivity contribution in [1.82, 2.24) is 5.32 Å². The van der Waals surface area contributed by atoms with Gasteiger partial charge in [-0.15, -0.1) is 0 Å². The van der Waals surface area contributed by atoms with Crippen LogP contribution in [0.1, 0.15) is 25.0 Å². The molecule has 0 radical (unpaired) electrons. The molecule has 8 heteroatoms. The molecular weight excluding hydrogens is 402 g/mol. The number of esters is 1. The van der Waals surface area contributed by atoms with Crippen molar-refractivity contribution in [3.8, 4) is 11.5 Å². The highest BCUT2D eigenvalue weighted by Gasteiger charge is 2.30. The van der Waals surface area contributed by atoms with Gasteiger partial charge in [0.05, 0.1) is 26.4 Å². The summed E-state index contributed by atoms with van der Waals surface area (Å²) in [5, 5.41) is 13.0. The van der Waals surface area contributed by atoms with Gasteiger partial charge in [-0.1, -0.05) is 36.4 Å². The molecule has 0 aliphatic carbocycles. The Bertz CT molecular complexity index is 841. The fourth-order valence-corrected chi connectivity index (χ4v) is 2.92. The van der Waals surface area contributed by atoms with E-state index >= 15 is 0 Å². The molecule has 0 saturated heterocycles. The van der Waals surface area contributed by atoms with Gasteiger partial charge in [0.25, 0.3) is 0 Å². The van der Waals surface area contributed by atoms with Crippen LogP contribution in [0, 0.1) is 0 Å². The summed E-state index contributed by atoms with van der Waals surface area (Å²) in [5.74, 6) is 0.260. The van der Waals surface area contributed by atoms with Crippen molar-refractivity contribution in [2.24, 2.45) is 0 Å². The SMILES string of the molecule is CCOC(=O)C(O)C(Cc1ccc(OC)c(OCC)c1)NC(=O)OCc1ccccc1. The Hall–Kier alpha value is -3.26. The first kappa shape index (κ1) is 24.0. The Morgan fingerprint density at radius 3 is 2.35 bits per heavy atom. The number of aliphatic hydroxyl groups excluding tert-OH is 1. The Morgan fingerprint density at radius 1 is 0.968 bits per heavy atom. The molecular formula is C23H29NO7. The molecule has 2 aromatic carbocycles. The smallest absolute Gasteiger partial charge is 0.407 e. The monoisotopic (exact) mass is 431 g/mol. The van der Waals surface area contributed by atoms with Crippen molar-refractivity contribution >= 4 is 12.1 Å². The number of hydrogen-bond donors (Lipinski definition) is 2. The van der Waals surface area contributed by atoms with E-state index in [4.69, 9.17) is 18.9 Å². The van der Waals surface area contributed by atoms with Gasteiger partial charge in [-0.05, 0) is 43.5 Å². The summed E-state index contributed by atoms with van der Waals surface area (Å²) in [7, 11) is 1.54. The lowest BCUT2D eigenvalue weighted by Crippen LogP contribution is -2.49. The van der Waals surface area contributed by atoms with Crippen LogP contribution in [0.4, 0.5) is 4.79 Å². The predicted molar refractivity (Wildman–Crippen MR) is 114 cm³/mol. The molecule has 0 bridgehead atoms. The average molecular weight is 431 g/mol. The van der Waals surface area contributed by atoms with Gasteiger partial charge >= 0.3 is 12.1 Å². The van der Waals surface area contributed by atoms with E-state index in [1.807, 2.05) is 37.3 Å². The first-order valence-corrected chi connectivity index (χ1v) is 10.1.